The monoisotopic (exact) mass is 163 g/mol. The third kappa shape index (κ3) is 4.28. The van der Waals surface area contributed by atoms with Crippen molar-refractivity contribution in [3.05, 3.63) is 0 Å². The third-order valence-corrected chi connectivity index (χ3v) is 1.24. The number of aliphatic hydroxyl groups is 2. The maximum absolute atomic E-state index is 9.07. The molecule has 0 aliphatic rings. The molecule has 0 saturated heterocycles. The molecule has 0 aromatic carbocycles. The summed E-state index contributed by atoms with van der Waals surface area (Å²) >= 11 is 0. The molecule has 11 heavy (non-hydrogen) atoms. The maximum Gasteiger partial charge on any atom is 0.119 e. The van der Waals surface area contributed by atoms with Crippen molar-refractivity contribution < 1.29 is 10.2 Å². The number of nitrogens with zero attached hydrogens (tertiary/aromatic N) is 1. The van der Waals surface area contributed by atoms with Gasteiger partial charge in [-0.1, -0.05) is 0 Å². The van der Waals surface area contributed by atoms with Crippen molar-refractivity contribution in [2.24, 2.45) is 5.73 Å². The van der Waals surface area contributed by atoms with E-state index in [9.17, 15) is 0 Å². The largest absolute Gasteiger partial charge is 0.377 e. The van der Waals surface area contributed by atoms with Crippen molar-refractivity contribution in [3.8, 4) is 0 Å². The molecule has 0 aliphatic heterocycles. The summed E-state index contributed by atoms with van der Waals surface area (Å²) in [6, 6.07) is 0. The highest BCUT2D eigenvalue weighted by molar-refractivity contribution is 4.53. The van der Waals surface area contributed by atoms with Crippen LogP contribution in [0.4, 0.5) is 0 Å². The van der Waals surface area contributed by atoms with Crippen molar-refractivity contribution in [2.45, 2.75) is 26.3 Å². The van der Waals surface area contributed by atoms with Crippen molar-refractivity contribution in [1.29, 1.82) is 0 Å². The van der Waals surface area contributed by atoms with Crippen LogP contribution < -0.4 is 11.2 Å². The van der Waals surface area contributed by atoms with Gasteiger partial charge in [-0.15, -0.1) is 0 Å². The van der Waals surface area contributed by atoms with Gasteiger partial charge in [-0.2, -0.15) is 5.01 Å². The molecule has 0 bridgehead atoms. The first-order valence-electron chi connectivity index (χ1n) is 3.67. The fraction of sp³-hybridized carbons (Fsp3) is 1.00. The van der Waals surface area contributed by atoms with Gasteiger partial charge in [0.1, 0.15) is 12.5 Å². The maximum atomic E-state index is 9.07. The fourth-order valence-corrected chi connectivity index (χ4v) is 0.770. The Morgan fingerprint density at radius 2 is 1.82 bits per heavy atom. The van der Waals surface area contributed by atoms with Gasteiger partial charge in [0.25, 0.3) is 0 Å². The highest BCUT2D eigenvalue weighted by Crippen LogP contribution is 1.94. The second-order valence-corrected chi connectivity index (χ2v) is 2.37. The first-order valence-corrected chi connectivity index (χ1v) is 3.67. The lowest BCUT2D eigenvalue weighted by molar-refractivity contribution is -0.116. The number of hydrazine groups is 1. The normalized spacial score (nSPS) is 16.9. The van der Waals surface area contributed by atoms with Crippen LogP contribution in [0.1, 0.15) is 13.8 Å². The molecule has 0 aromatic rings. The number of nitrogens with two attached hydrogens (primary N) is 1. The van der Waals surface area contributed by atoms with Crippen LogP contribution in [0.25, 0.3) is 0 Å². The van der Waals surface area contributed by atoms with Crippen LogP contribution >= 0.6 is 0 Å². The molecule has 0 fully saturated rings. The van der Waals surface area contributed by atoms with Gasteiger partial charge in [0, 0.05) is 13.1 Å². The van der Waals surface area contributed by atoms with Gasteiger partial charge in [0.2, 0.25) is 0 Å². The Morgan fingerprint density at radius 3 is 2.09 bits per heavy atom. The predicted octanol–water partition coefficient (Wildman–Crippen LogP) is -1.57. The van der Waals surface area contributed by atoms with Gasteiger partial charge in [0.15, 0.2) is 0 Å². The average molecular weight is 163 g/mol. The Bertz CT molecular complexity index is 89.8. The van der Waals surface area contributed by atoms with Crippen molar-refractivity contribution in [2.75, 3.05) is 13.1 Å². The summed E-state index contributed by atoms with van der Waals surface area (Å²) in [6.45, 7) is 4.14. The number of hydrogen-bond acceptors (Lipinski definition) is 5. The molecule has 0 rings (SSSR count). The molecule has 0 amide bonds. The van der Waals surface area contributed by atoms with E-state index in [1.165, 1.54) is 5.01 Å². The molecular formula is C6H17N3O2. The molecule has 0 saturated carbocycles. The summed E-state index contributed by atoms with van der Waals surface area (Å²) in [7, 11) is 0. The van der Waals surface area contributed by atoms with Gasteiger partial charge in [0.05, 0.1) is 0 Å². The Hall–Kier alpha value is -0.200. The first-order chi connectivity index (χ1) is 5.09. The molecule has 5 nitrogen and oxygen atoms in total. The minimum Gasteiger partial charge on any atom is -0.377 e. The van der Waals surface area contributed by atoms with Crippen LogP contribution in [-0.2, 0) is 0 Å². The Morgan fingerprint density at radius 1 is 1.36 bits per heavy atom. The fourth-order valence-electron chi connectivity index (χ4n) is 0.770. The Labute approximate surface area is 66.8 Å². The van der Waals surface area contributed by atoms with E-state index in [-0.39, 0.29) is 0 Å². The Kier molecular flexibility index (Phi) is 5.35. The van der Waals surface area contributed by atoms with Gasteiger partial charge in [-0.3, -0.25) is 0 Å². The molecule has 5 heteroatoms. The number of nitrogens with one attached hydrogen (secondary N) is 1. The minimum atomic E-state index is -0.721. The van der Waals surface area contributed by atoms with E-state index in [4.69, 9.17) is 15.9 Å². The van der Waals surface area contributed by atoms with E-state index in [2.05, 4.69) is 5.43 Å². The Balaban J connectivity index is 3.70. The molecule has 0 aromatic heterocycles. The SMILES string of the molecule is CC(O)N(NCCN)C(C)O. The summed E-state index contributed by atoms with van der Waals surface area (Å²) in [5, 5.41) is 19.5. The highest BCUT2D eigenvalue weighted by Gasteiger charge is 2.14. The molecular weight excluding hydrogens is 146 g/mol. The molecule has 0 radical (unpaired) electrons. The smallest absolute Gasteiger partial charge is 0.119 e. The zero-order valence-electron chi connectivity index (χ0n) is 6.99. The topological polar surface area (TPSA) is 81.8 Å². The first kappa shape index (κ1) is 10.8. The quantitative estimate of drug-likeness (QED) is 0.291. The lowest BCUT2D eigenvalue weighted by Crippen LogP contribution is -2.51. The van der Waals surface area contributed by atoms with Crippen LogP contribution in [0.5, 0.6) is 0 Å². The molecule has 2 atom stereocenters. The molecule has 0 spiro atoms. The predicted molar refractivity (Wildman–Crippen MR) is 42.3 cm³/mol. The van der Waals surface area contributed by atoms with Crippen LogP contribution in [0.2, 0.25) is 0 Å². The molecule has 2 unspecified atom stereocenters. The summed E-state index contributed by atoms with van der Waals surface area (Å²) in [5.74, 6) is 0. The highest BCUT2D eigenvalue weighted by atomic mass is 16.3. The van der Waals surface area contributed by atoms with Crippen LogP contribution in [-0.4, -0.2) is 40.8 Å². The summed E-state index contributed by atoms with van der Waals surface area (Å²) in [6.07, 6.45) is -1.44. The second-order valence-electron chi connectivity index (χ2n) is 2.37. The van der Waals surface area contributed by atoms with E-state index in [1.54, 1.807) is 13.8 Å². The van der Waals surface area contributed by atoms with Gasteiger partial charge >= 0.3 is 0 Å². The summed E-state index contributed by atoms with van der Waals surface area (Å²) in [4.78, 5) is 0. The second kappa shape index (κ2) is 5.45. The minimum absolute atomic E-state index is 0.468. The lowest BCUT2D eigenvalue weighted by atomic mass is 10.5. The van der Waals surface area contributed by atoms with Crippen LogP contribution in [0, 0.1) is 0 Å². The van der Waals surface area contributed by atoms with Gasteiger partial charge in [-0.25, -0.2) is 5.43 Å². The molecule has 68 valence electrons. The van der Waals surface area contributed by atoms with Crippen LogP contribution in [0.3, 0.4) is 0 Å². The van der Waals surface area contributed by atoms with E-state index < -0.39 is 12.5 Å². The number of aliphatic hydroxyl groups excluding tert-OH is 2. The summed E-state index contributed by atoms with van der Waals surface area (Å²) in [5.41, 5.74) is 8.00. The van der Waals surface area contributed by atoms with E-state index in [0.29, 0.717) is 13.1 Å². The van der Waals surface area contributed by atoms with E-state index in [1.807, 2.05) is 0 Å². The zero-order chi connectivity index (χ0) is 8.85. The molecule has 0 aliphatic carbocycles. The van der Waals surface area contributed by atoms with E-state index >= 15 is 0 Å². The molecule has 0 heterocycles. The number of rotatable bonds is 5. The van der Waals surface area contributed by atoms with Crippen molar-refractivity contribution in [3.63, 3.8) is 0 Å². The van der Waals surface area contributed by atoms with Crippen molar-refractivity contribution >= 4 is 0 Å². The zero-order valence-corrected chi connectivity index (χ0v) is 6.99. The average Bonchev–Trinajstić information content (AvgIpc) is 1.87. The van der Waals surface area contributed by atoms with Gasteiger partial charge in [-0.05, 0) is 13.8 Å². The summed E-state index contributed by atoms with van der Waals surface area (Å²) < 4.78 is 0. The third-order valence-electron chi connectivity index (χ3n) is 1.24. The van der Waals surface area contributed by atoms with E-state index in [0.717, 1.165) is 0 Å². The number of hydrogen-bond donors (Lipinski definition) is 4. The van der Waals surface area contributed by atoms with Crippen LogP contribution in [0.15, 0.2) is 0 Å². The molecule has 5 N–H and O–H groups in total. The van der Waals surface area contributed by atoms with Gasteiger partial charge < -0.3 is 15.9 Å². The standard InChI is InChI=1S/C6H17N3O2/c1-5(10)9(6(2)11)8-4-3-7/h5-6,8,10-11H,3-4,7H2,1-2H3. The lowest BCUT2D eigenvalue weighted by Gasteiger charge is -2.28. The van der Waals surface area contributed by atoms with Crippen molar-refractivity contribution in [1.82, 2.24) is 10.4 Å².